The van der Waals surface area contributed by atoms with Gasteiger partial charge in [0.15, 0.2) is 5.84 Å². The molecule has 9 aromatic rings. The van der Waals surface area contributed by atoms with E-state index in [1.165, 1.54) is 16.7 Å². The first-order valence-electron chi connectivity index (χ1n) is 18.5. The van der Waals surface area contributed by atoms with Gasteiger partial charge in [-0.1, -0.05) is 152 Å². The molecule has 0 fully saturated rings. The Balaban J connectivity index is 1.11. The van der Waals surface area contributed by atoms with Crippen LogP contribution in [0.1, 0.15) is 23.1 Å². The number of nitrogens with two attached hydrogens (primary N) is 1. The standard InChI is InChI=1S/C50H35N3O2/c51-53-50(42-17-10-20-45-48(42)47-39(16-9-19-44(47)55-45)36-25-21-34(22-26-36)32-11-3-1-4-12-32)52-49(37-27-23-35(24-28-37)33-13-5-2-6-14-33)38-29-30-41-40-15-7-8-18-43(40)54-46(41)31-38/h1-27,29-31,37H,28,51H2/b52-49?,53-50-. The third kappa shape index (κ3) is 5.83. The highest BCUT2D eigenvalue weighted by molar-refractivity contribution is 6.24. The van der Waals surface area contributed by atoms with Crippen molar-refractivity contribution >= 4 is 61.0 Å². The summed E-state index contributed by atoms with van der Waals surface area (Å²) in [4.78, 5) is 5.38. The normalized spacial score (nSPS) is 15.0. The third-order valence-corrected chi connectivity index (χ3v) is 10.6. The molecule has 5 nitrogen and oxygen atoms in total. The molecule has 1 aliphatic carbocycles. The molecule has 0 saturated heterocycles. The van der Waals surface area contributed by atoms with Gasteiger partial charge in [0.25, 0.3) is 0 Å². The molecule has 0 bridgehead atoms. The second-order valence-corrected chi connectivity index (χ2v) is 13.9. The maximum Gasteiger partial charge on any atom is 0.179 e. The minimum atomic E-state index is -0.0370. The topological polar surface area (TPSA) is 77.0 Å². The lowest BCUT2D eigenvalue weighted by Crippen LogP contribution is -2.18. The number of furan rings is 2. The number of benzene rings is 7. The lowest BCUT2D eigenvalue weighted by atomic mass is 9.87. The minimum Gasteiger partial charge on any atom is -0.456 e. The summed E-state index contributed by atoms with van der Waals surface area (Å²) in [6, 6.07) is 56.3. The number of rotatable bonds is 6. The molecule has 2 heterocycles. The van der Waals surface area contributed by atoms with Gasteiger partial charge in [-0.2, -0.15) is 5.10 Å². The van der Waals surface area contributed by atoms with Gasteiger partial charge in [-0.25, -0.2) is 4.99 Å². The number of hydrogen-bond donors (Lipinski definition) is 1. The number of allylic oxidation sites excluding steroid dienone is 4. The number of hydrazone groups is 1. The zero-order valence-electron chi connectivity index (χ0n) is 29.9. The van der Waals surface area contributed by atoms with Crippen molar-refractivity contribution in [3.8, 4) is 22.3 Å². The SMILES string of the molecule is N/N=C(\N=C(c1ccc2c(c1)oc1ccccc12)C1C=CC(c2ccccc2)=CC1)c1cccc2oc3cccc(-c4ccc(-c5ccccc5)cc4)c3c12. The van der Waals surface area contributed by atoms with Crippen LogP contribution >= 0.6 is 0 Å². The van der Waals surface area contributed by atoms with Crippen molar-refractivity contribution < 1.29 is 8.83 Å². The van der Waals surface area contributed by atoms with Gasteiger partial charge >= 0.3 is 0 Å². The second-order valence-electron chi connectivity index (χ2n) is 13.9. The van der Waals surface area contributed by atoms with Crippen molar-refractivity contribution in [1.29, 1.82) is 0 Å². The average molecular weight is 710 g/mol. The van der Waals surface area contributed by atoms with Gasteiger partial charge in [0.2, 0.25) is 0 Å². The monoisotopic (exact) mass is 709 g/mol. The van der Waals surface area contributed by atoms with Crippen LogP contribution in [0.5, 0.6) is 0 Å². The highest BCUT2D eigenvalue weighted by atomic mass is 16.3. The molecular formula is C50H35N3O2. The molecule has 1 atom stereocenters. The Kier molecular flexibility index (Phi) is 8.03. The molecule has 1 aliphatic rings. The summed E-state index contributed by atoms with van der Waals surface area (Å²) in [5.74, 6) is 6.71. The zero-order chi connectivity index (χ0) is 36.7. The van der Waals surface area contributed by atoms with Gasteiger partial charge in [0, 0.05) is 38.6 Å². The van der Waals surface area contributed by atoms with E-state index in [0.29, 0.717) is 5.84 Å². The van der Waals surface area contributed by atoms with Crippen LogP contribution in [0.4, 0.5) is 0 Å². The summed E-state index contributed by atoms with van der Waals surface area (Å²) in [5.41, 5.74) is 12.7. The molecule has 0 saturated carbocycles. The van der Waals surface area contributed by atoms with Gasteiger partial charge in [-0.3, -0.25) is 0 Å². The van der Waals surface area contributed by atoms with E-state index < -0.39 is 0 Å². The highest BCUT2D eigenvalue weighted by Gasteiger charge is 2.23. The number of fused-ring (bicyclic) bond motifs is 6. The highest BCUT2D eigenvalue weighted by Crippen LogP contribution is 2.40. The Labute approximate surface area is 318 Å². The summed E-state index contributed by atoms with van der Waals surface area (Å²) in [6.45, 7) is 0. The molecule has 0 radical (unpaired) electrons. The van der Waals surface area contributed by atoms with Crippen LogP contribution in [0.15, 0.2) is 201 Å². The first kappa shape index (κ1) is 32.4. The lowest BCUT2D eigenvalue weighted by molar-refractivity contribution is 0.668. The van der Waals surface area contributed by atoms with Crippen LogP contribution in [0.25, 0.3) is 71.7 Å². The van der Waals surface area contributed by atoms with E-state index in [0.717, 1.165) is 83.8 Å². The number of aliphatic imine (C=N–C) groups is 1. The van der Waals surface area contributed by atoms with Gasteiger partial charge < -0.3 is 14.7 Å². The molecule has 0 aliphatic heterocycles. The third-order valence-electron chi connectivity index (χ3n) is 10.6. The minimum absolute atomic E-state index is 0.0370. The molecule has 262 valence electrons. The Morgan fingerprint density at radius 1 is 0.545 bits per heavy atom. The van der Waals surface area contributed by atoms with Crippen LogP contribution in [-0.2, 0) is 0 Å². The number of para-hydroxylation sites is 1. The fourth-order valence-corrected chi connectivity index (χ4v) is 7.95. The van der Waals surface area contributed by atoms with Gasteiger partial charge in [0.1, 0.15) is 22.3 Å². The van der Waals surface area contributed by atoms with Crippen LogP contribution in [0.2, 0.25) is 0 Å². The van der Waals surface area contributed by atoms with Gasteiger partial charge in [0.05, 0.1) is 5.71 Å². The fourth-order valence-electron chi connectivity index (χ4n) is 7.95. The van der Waals surface area contributed by atoms with E-state index in [4.69, 9.17) is 19.7 Å². The summed E-state index contributed by atoms with van der Waals surface area (Å²) in [5, 5.41) is 8.46. The largest absolute Gasteiger partial charge is 0.456 e. The number of hydrogen-bond acceptors (Lipinski definition) is 4. The van der Waals surface area contributed by atoms with Gasteiger partial charge in [-0.15, -0.1) is 0 Å². The first-order valence-corrected chi connectivity index (χ1v) is 18.5. The summed E-state index contributed by atoms with van der Waals surface area (Å²) in [6.07, 6.45) is 7.48. The molecular weight excluding hydrogens is 675 g/mol. The summed E-state index contributed by atoms with van der Waals surface area (Å²) < 4.78 is 12.9. The van der Waals surface area contributed by atoms with E-state index in [9.17, 15) is 0 Å². The molecule has 2 N–H and O–H groups in total. The molecule has 55 heavy (non-hydrogen) atoms. The number of amidine groups is 1. The van der Waals surface area contributed by atoms with Crippen molar-refractivity contribution in [2.45, 2.75) is 6.42 Å². The Bertz CT molecular complexity index is 3000. The van der Waals surface area contributed by atoms with E-state index >= 15 is 0 Å². The molecule has 1 unspecified atom stereocenters. The predicted molar refractivity (Wildman–Crippen MR) is 227 cm³/mol. The molecule has 7 aromatic carbocycles. The Morgan fingerprint density at radius 3 is 1.95 bits per heavy atom. The Morgan fingerprint density at radius 2 is 1.18 bits per heavy atom. The van der Waals surface area contributed by atoms with E-state index in [2.05, 4.69) is 126 Å². The molecule has 0 spiro atoms. The summed E-state index contributed by atoms with van der Waals surface area (Å²) >= 11 is 0. The quantitative estimate of drug-likeness (QED) is 0.0808. The second kappa shape index (κ2) is 13.6. The maximum absolute atomic E-state index is 6.50. The van der Waals surface area contributed by atoms with E-state index in [1.54, 1.807) is 0 Å². The van der Waals surface area contributed by atoms with Crippen molar-refractivity contribution in [3.05, 3.63) is 199 Å². The average Bonchev–Trinajstić information content (AvgIpc) is 3.83. The lowest BCUT2D eigenvalue weighted by Gasteiger charge is -2.20. The zero-order valence-corrected chi connectivity index (χ0v) is 29.9. The van der Waals surface area contributed by atoms with Crippen LogP contribution in [0.3, 0.4) is 0 Å². The predicted octanol–water partition coefficient (Wildman–Crippen LogP) is 12.6. The van der Waals surface area contributed by atoms with Crippen LogP contribution < -0.4 is 5.84 Å². The van der Waals surface area contributed by atoms with E-state index in [1.807, 2.05) is 60.7 Å². The van der Waals surface area contributed by atoms with Crippen molar-refractivity contribution in [2.24, 2.45) is 21.9 Å². The first-order chi connectivity index (χ1) is 27.2. The van der Waals surface area contributed by atoms with Gasteiger partial charge in [-0.05, 0) is 70.1 Å². The Hall–Kier alpha value is -7.24. The maximum atomic E-state index is 6.50. The van der Waals surface area contributed by atoms with Crippen molar-refractivity contribution in [2.75, 3.05) is 0 Å². The summed E-state index contributed by atoms with van der Waals surface area (Å²) in [7, 11) is 0. The van der Waals surface area contributed by atoms with Crippen LogP contribution in [-0.4, -0.2) is 11.5 Å². The molecule has 5 heteroatoms. The number of nitrogens with zero attached hydrogens (tertiary/aromatic N) is 2. The molecule has 0 amide bonds. The van der Waals surface area contributed by atoms with Crippen molar-refractivity contribution in [1.82, 2.24) is 0 Å². The van der Waals surface area contributed by atoms with Crippen LogP contribution in [0, 0.1) is 5.92 Å². The molecule has 2 aromatic heterocycles. The van der Waals surface area contributed by atoms with Crippen molar-refractivity contribution in [3.63, 3.8) is 0 Å². The smallest absolute Gasteiger partial charge is 0.179 e. The fraction of sp³-hybridized carbons (Fsp3) is 0.0400. The molecule has 10 rings (SSSR count). The van der Waals surface area contributed by atoms with E-state index in [-0.39, 0.29) is 5.92 Å².